The summed E-state index contributed by atoms with van der Waals surface area (Å²) in [5, 5.41) is 5.42. The fourth-order valence-corrected chi connectivity index (χ4v) is 5.77. The van der Waals surface area contributed by atoms with Crippen LogP contribution in [0, 0.1) is 5.41 Å². The van der Waals surface area contributed by atoms with Gasteiger partial charge in [0, 0.05) is 17.7 Å². The number of carbonyl (C=O) groups excluding carboxylic acids is 1. The minimum Gasteiger partial charge on any atom is -0.273 e. The highest BCUT2D eigenvalue weighted by Crippen LogP contribution is 2.59. The second kappa shape index (κ2) is 5.55. The second-order valence-corrected chi connectivity index (χ2v) is 8.42. The molecular weight excluding hydrogens is 308 g/mol. The number of benzene rings is 1. The van der Waals surface area contributed by atoms with E-state index < -0.39 is 0 Å². The minimum atomic E-state index is -0.0208. The molecule has 1 aromatic carbocycles. The third kappa shape index (κ3) is 2.24. The highest BCUT2D eigenvalue weighted by atomic mass is 16.2. The normalized spacial score (nSPS) is 29.2. The first-order valence-corrected chi connectivity index (χ1v) is 9.59. The van der Waals surface area contributed by atoms with Crippen molar-refractivity contribution in [1.29, 1.82) is 0 Å². The highest BCUT2D eigenvalue weighted by molar-refractivity contribution is 5.90. The molecule has 1 saturated carbocycles. The summed E-state index contributed by atoms with van der Waals surface area (Å²) in [6.45, 7) is 10.7. The van der Waals surface area contributed by atoms with Crippen molar-refractivity contribution in [2.45, 2.75) is 71.1 Å². The fraction of sp³-hybridized carbons (Fsp3) is 0.545. The topological polar surface area (TPSA) is 34.9 Å². The summed E-state index contributed by atoms with van der Waals surface area (Å²) in [7, 11) is 0. The molecular formula is C22H28N2O. The molecule has 2 unspecified atom stereocenters. The quantitative estimate of drug-likeness (QED) is 0.651. The summed E-state index contributed by atoms with van der Waals surface area (Å²) in [5.41, 5.74) is 5.81. The molecule has 1 heterocycles. The van der Waals surface area contributed by atoms with E-state index in [1.54, 1.807) is 11.6 Å². The van der Waals surface area contributed by atoms with Gasteiger partial charge in [0.25, 0.3) is 0 Å². The van der Waals surface area contributed by atoms with Crippen molar-refractivity contribution in [2.75, 3.05) is 0 Å². The number of rotatable bonds is 1. The minimum absolute atomic E-state index is 0.0208. The van der Waals surface area contributed by atoms with Crippen LogP contribution in [-0.2, 0) is 11.8 Å². The van der Waals surface area contributed by atoms with Gasteiger partial charge in [-0.1, -0.05) is 26.0 Å². The monoisotopic (exact) mass is 336 g/mol. The average molecular weight is 336 g/mol. The molecule has 2 aliphatic carbocycles. The predicted octanol–water partition coefficient (Wildman–Crippen LogP) is 5.43. The SMILES string of the molecule is C=C1CCC2(CC)c3cc4cnn(C(C)=O)c4cc3CCCC2(C)C1. The maximum Gasteiger partial charge on any atom is 0.244 e. The van der Waals surface area contributed by atoms with Gasteiger partial charge in [0.05, 0.1) is 11.7 Å². The third-order valence-electron chi connectivity index (χ3n) is 7.09. The van der Waals surface area contributed by atoms with E-state index in [4.69, 9.17) is 0 Å². The summed E-state index contributed by atoms with van der Waals surface area (Å²) in [4.78, 5) is 11.9. The van der Waals surface area contributed by atoms with Crippen LogP contribution in [0.4, 0.5) is 0 Å². The van der Waals surface area contributed by atoms with Gasteiger partial charge in [0.15, 0.2) is 0 Å². The van der Waals surface area contributed by atoms with Crippen LogP contribution >= 0.6 is 0 Å². The summed E-state index contributed by atoms with van der Waals surface area (Å²) in [5.74, 6) is -0.0208. The third-order valence-corrected chi connectivity index (χ3v) is 7.09. The largest absolute Gasteiger partial charge is 0.273 e. The zero-order chi connectivity index (χ0) is 17.8. The van der Waals surface area contributed by atoms with Crippen molar-refractivity contribution in [2.24, 2.45) is 5.41 Å². The molecule has 1 fully saturated rings. The number of allylic oxidation sites excluding steroid dienone is 1. The Morgan fingerprint density at radius 1 is 1.32 bits per heavy atom. The Bertz CT molecular complexity index is 878. The van der Waals surface area contributed by atoms with Gasteiger partial charge in [-0.25, -0.2) is 4.68 Å². The first-order valence-electron chi connectivity index (χ1n) is 9.59. The molecule has 3 nitrogen and oxygen atoms in total. The second-order valence-electron chi connectivity index (χ2n) is 8.42. The molecule has 0 amide bonds. The van der Waals surface area contributed by atoms with E-state index in [1.807, 2.05) is 6.20 Å². The molecule has 0 spiro atoms. The van der Waals surface area contributed by atoms with Crippen LogP contribution in [0.2, 0.25) is 0 Å². The van der Waals surface area contributed by atoms with Gasteiger partial charge in [-0.2, -0.15) is 5.10 Å². The summed E-state index contributed by atoms with van der Waals surface area (Å²) >= 11 is 0. The van der Waals surface area contributed by atoms with Gasteiger partial charge in [-0.3, -0.25) is 4.79 Å². The number of aromatic nitrogens is 2. The van der Waals surface area contributed by atoms with Gasteiger partial charge in [0.2, 0.25) is 5.91 Å². The molecule has 132 valence electrons. The molecule has 4 rings (SSSR count). The molecule has 0 bridgehead atoms. The number of hydrogen-bond acceptors (Lipinski definition) is 2. The van der Waals surface area contributed by atoms with Crippen LogP contribution in [0.25, 0.3) is 10.9 Å². The zero-order valence-electron chi connectivity index (χ0n) is 15.7. The fourth-order valence-electron chi connectivity index (χ4n) is 5.77. The van der Waals surface area contributed by atoms with Crippen LogP contribution in [0.1, 0.15) is 75.2 Å². The first kappa shape index (κ1) is 16.6. The van der Waals surface area contributed by atoms with Crippen molar-refractivity contribution in [3.63, 3.8) is 0 Å². The maximum atomic E-state index is 11.9. The number of carbonyl (C=O) groups is 1. The van der Waals surface area contributed by atoms with Gasteiger partial charge >= 0.3 is 0 Å². The Hall–Kier alpha value is -1.90. The lowest BCUT2D eigenvalue weighted by molar-refractivity contribution is 0.0862. The van der Waals surface area contributed by atoms with E-state index in [2.05, 4.69) is 37.7 Å². The lowest BCUT2D eigenvalue weighted by Crippen LogP contribution is -2.46. The Labute approximate surface area is 150 Å². The lowest BCUT2D eigenvalue weighted by Gasteiger charge is -2.53. The van der Waals surface area contributed by atoms with Crippen molar-refractivity contribution in [3.8, 4) is 0 Å². The van der Waals surface area contributed by atoms with Crippen molar-refractivity contribution < 1.29 is 4.79 Å². The standard InChI is InChI=1S/C22H28N2O/c1-5-22-10-8-15(2)13-21(22,4)9-6-7-17-12-20-18(11-19(17)22)14-23-24(20)16(3)25/h11-12,14H,2,5-10,13H2,1,3-4H3. The van der Waals surface area contributed by atoms with Gasteiger partial charge in [-0.05, 0) is 73.6 Å². The van der Waals surface area contributed by atoms with Gasteiger partial charge < -0.3 is 0 Å². The summed E-state index contributed by atoms with van der Waals surface area (Å²) < 4.78 is 1.54. The molecule has 0 N–H and O–H groups in total. The summed E-state index contributed by atoms with van der Waals surface area (Å²) in [6.07, 6.45) is 10.0. The van der Waals surface area contributed by atoms with Crippen molar-refractivity contribution in [3.05, 3.63) is 41.6 Å². The van der Waals surface area contributed by atoms with Crippen LogP contribution in [0.5, 0.6) is 0 Å². The van der Waals surface area contributed by atoms with Crippen LogP contribution < -0.4 is 0 Å². The molecule has 2 aliphatic rings. The Morgan fingerprint density at radius 3 is 2.84 bits per heavy atom. The first-order chi connectivity index (χ1) is 11.9. The van der Waals surface area contributed by atoms with Crippen molar-refractivity contribution >= 4 is 16.8 Å². The lowest BCUT2D eigenvalue weighted by atomic mass is 9.51. The van der Waals surface area contributed by atoms with Gasteiger partial charge in [-0.15, -0.1) is 0 Å². The van der Waals surface area contributed by atoms with Crippen molar-refractivity contribution in [1.82, 2.24) is 9.78 Å². The highest BCUT2D eigenvalue weighted by Gasteiger charge is 2.51. The Kier molecular flexibility index (Phi) is 3.68. The molecule has 0 radical (unpaired) electrons. The molecule has 1 aromatic heterocycles. The molecule has 25 heavy (non-hydrogen) atoms. The molecule has 2 aromatic rings. The molecule has 3 heteroatoms. The van der Waals surface area contributed by atoms with E-state index in [0.717, 1.165) is 36.6 Å². The van der Waals surface area contributed by atoms with Gasteiger partial charge in [0.1, 0.15) is 0 Å². The zero-order valence-corrected chi connectivity index (χ0v) is 15.7. The van der Waals surface area contributed by atoms with E-state index >= 15 is 0 Å². The summed E-state index contributed by atoms with van der Waals surface area (Å²) in [6, 6.07) is 4.59. The molecule has 0 saturated heterocycles. The predicted molar refractivity (Wildman–Crippen MR) is 102 cm³/mol. The average Bonchev–Trinajstić information content (AvgIpc) is 2.92. The Morgan fingerprint density at radius 2 is 2.12 bits per heavy atom. The van der Waals surface area contributed by atoms with Crippen LogP contribution in [0.3, 0.4) is 0 Å². The number of aryl methyl sites for hydroxylation is 1. The van der Waals surface area contributed by atoms with E-state index in [0.29, 0.717) is 0 Å². The maximum absolute atomic E-state index is 11.9. The van der Waals surface area contributed by atoms with E-state index in [9.17, 15) is 4.79 Å². The van der Waals surface area contributed by atoms with E-state index in [1.165, 1.54) is 36.0 Å². The molecule has 2 atom stereocenters. The van der Waals surface area contributed by atoms with Crippen LogP contribution in [0.15, 0.2) is 30.5 Å². The van der Waals surface area contributed by atoms with Crippen LogP contribution in [-0.4, -0.2) is 15.7 Å². The molecule has 0 aliphatic heterocycles. The number of nitrogens with zero attached hydrogens (tertiary/aromatic N) is 2. The number of hydrogen-bond donors (Lipinski definition) is 0. The Balaban J connectivity index is 1.97. The smallest absolute Gasteiger partial charge is 0.244 e. The number of fused-ring (bicyclic) bond motifs is 4. The van der Waals surface area contributed by atoms with E-state index in [-0.39, 0.29) is 16.7 Å².